The first kappa shape index (κ1) is 11.9. The molecule has 0 aromatic heterocycles. The molecule has 3 fully saturated rings. The van der Waals surface area contributed by atoms with Crippen molar-refractivity contribution in [2.24, 2.45) is 0 Å². The van der Waals surface area contributed by atoms with Gasteiger partial charge in [0.05, 0.1) is 11.5 Å². The number of hydrogen-bond acceptors (Lipinski definition) is 4. The van der Waals surface area contributed by atoms with E-state index >= 15 is 0 Å². The smallest absolute Gasteiger partial charge is 0.153 e. The average molecular weight is 258 g/mol. The molecule has 2 saturated heterocycles. The molecule has 0 aromatic carbocycles. The van der Waals surface area contributed by atoms with Crippen LogP contribution in [0.3, 0.4) is 0 Å². The fourth-order valence-electron chi connectivity index (χ4n) is 3.76. The molecule has 98 valence electrons. The van der Waals surface area contributed by atoms with Gasteiger partial charge in [0, 0.05) is 24.7 Å². The van der Waals surface area contributed by atoms with E-state index in [4.69, 9.17) is 0 Å². The maximum Gasteiger partial charge on any atom is 0.153 e. The second kappa shape index (κ2) is 4.52. The van der Waals surface area contributed by atoms with Crippen molar-refractivity contribution in [2.45, 2.75) is 50.2 Å². The van der Waals surface area contributed by atoms with Crippen LogP contribution in [-0.2, 0) is 9.84 Å². The Morgan fingerprint density at radius 3 is 2.59 bits per heavy atom. The predicted octanol–water partition coefficient (Wildman–Crippen LogP) is 0.390. The fourth-order valence-corrected chi connectivity index (χ4v) is 5.72. The van der Waals surface area contributed by atoms with Crippen LogP contribution in [0.25, 0.3) is 0 Å². The Morgan fingerprint density at radius 2 is 1.82 bits per heavy atom. The Bertz CT molecular complexity index is 376. The molecule has 4 nitrogen and oxygen atoms in total. The van der Waals surface area contributed by atoms with Gasteiger partial charge >= 0.3 is 0 Å². The normalized spacial score (nSPS) is 39.1. The van der Waals surface area contributed by atoms with Gasteiger partial charge in [0.15, 0.2) is 9.84 Å². The van der Waals surface area contributed by atoms with Crippen LogP contribution in [0.15, 0.2) is 0 Å². The molecule has 2 heterocycles. The molecule has 0 radical (unpaired) electrons. The summed E-state index contributed by atoms with van der Waals surface area (Å²) in [4.78, 5) is 2.52. The minimum atomic E-state index is -2.81. The molecule has 0 spiro atoms. The number of nitrogens with one attached hydrogen (secondary N) is 1. The van der Waals surface area contributed by atoms with Gasteiger partial charge in [-0.05, 0) is 25.8 Å². The van der Waals surface area contributed by atoms with Gasteiger partial charge in [0.2, 0.25) is 0 Å². The Balaban J connectivity index is 1.81. The molecule has 0 bridgehead atoms. The summed E-state index contributed by atoms with van der Waals surface area (Å²) < 4.78 is 23.6. The maximum atomic E-state index is 11.8. The zero-order valence-electron chi connectivity index (χ0n) is 10.3. The quantitative estimate of drug-likeness (QED) is 0.739. The second-order valence-electron chi connectivity index (χ2n) is 5.73. The zero-order chi connectivity index (χ0) is 11.9. The summed E-state index contributed by atoms with van der Waals surface area (Å²) in [6, 6.07) is 1.07. The molecular formula is C12H22N2O2S. The van der Waals surface area contributed by atoms with E-state index in [1.54, 1.807) is 0 Å². The molecule has 17 heavy (non-hydrogen) atoms. The largest absolute Gasteiger partial charge is 0.311 e. The predicted molar refractivity (Wildman–Crippen MR) is 67.8 cm³/mol. The lowest BCUT2D eigenvalue weighted by Crippen LogP contribution is -2.50. The van der Waals surface area contributed by atoms with Gasteiger partial charge in [-0.15, -0.1) is 0 Å². The number of rotatable bonds is 1. The van der Waals surface area contributed by atoms with E-state index in [0.717, 1.165) is 19.5 Å². The van der Waals surface area contributed by atoms with E-state index in [0.29, 0.717) is 17.5 Å². The monoisotopic (exact) mass is 258 g/mol. The molecule has 2 atom stereocenters. The zero-order valence-corrected chi connectivity index (χ0v) is 11.1. The van der Waals surface area contributed by atoms with Crippen molar-refractivity contribution in [3.8, 4) is 0 Å². The molecule has 2 unspecified atom stereocenters. The van der Waals surface area contributed by atoms with E-state index in [1.807, 2.05) is 0 Å². The van der Waals surface area contributed by atoms with Crippen LogP contribution < -0.4 is 5.32 Å². The summed E-state index contributed by atoms with van der Waals surface area (Å²) in [5.41, 5.74) is 0. The molecule has 1 saturated carbocycles. The van der Waals surface area contributed by atoms with Crippen LogP contribution in [0.4, 0.5) is 0 Å². The minimum Gasteiger partial charge on any atom is -0.311 e. The summed E-state index contributed by atoms with van der Waals surface area (Å²) in [5, 5.41) is 3.43. The van der Waals surface area contributed by atoms with Crippen LogP contribution in [0.2, 0.25) is 0 Å². The molecule has 1 N–H and O–H groups in total. The molecular weight excluding hydrogens is 236 g/mol. The number of nitrogens with zero attached hydrogens (tertiary/aromatic N) is 1. The third-order valence-electron chi connectivity index (χ3n) is 4.54. The Labute approximate surface area is 104 Å². The summed E-state index contributed by atoms with van der Waals surface area (Å²) in [7, 11) is -2.81. The van der Waals surface area contributed by atoms with Gasteiger partial charge in [0.25, 0.3) is 0 Å². The van der Waals surface area contributed by atoms with E-state index < -0.39 is 9.84 Å². The fraction of sp³-hybridized carbons (Fsp3) is 1.00. The molecule has 3 rings (SSSR count). The Kier molecular flexibility index (Phi) is 3.17. The highest BCUT2D eigenvalue weighted by atomic mass is 32.2. The highest BCUT2D eigenvalue weighted by molar-refractivity contribution is 7.91. The van der Waals surface area contributed by atoms with Crippen LogP contribution in [0, 0.1) is 0 Å². The SMILES string of the molecule is O=S1(=O)CC2NCCCN(C3CCCC3)C2C1. The summed E-state index contributed by atoms with van der Waals surface area (Å²) in [6.45, 7) is 2.05. The van der Waals surface area contributed by atoms with Crippen LogP contribution in [0.1, 0.15) is 32.1 Å². The molecule has 1 aliphatic carbocycles. The van der Waals surface area contributed by atoms with Gasteiger partial charge in [-0.2, -0.15) is 0 Å². The van der Waals surface area contributed by atoms with Gasteiger partial charge in [-0.1, -0.05) is 12.8 Å². The molecule has 5 heteroatoms. The first-order valence-electron chi connectivity index (χ1n) is 6.85. The van der Waals surface area contributed by atoms with E-state index in [2.05, 4.69) is 10.2 Å². The maximum absolute atomic E-state index is 11.8. The van der Waals surface area contributed by atoms with Crippen LogP contribution in [-0.4, -0.2) is 56.0 Å². The lowest BCUT2D eigenvalue weighted by molar-refractivity contribution is 0.145. The van der Waals surface area contributed by atoms with Crippen molar-refractivity contribution in [1.29, 1.82) is 0 Å². The van der Waals surface area contributed by atoms with Gasteiger partial charge in [-0.3, -0.25) is 4.90 Å². The molecule has 2 aliphatic heterocycles. The second-order valence-corrected chi connectivity index (χ2v) is 7.89. The van der Waals surface area contributed by atoms with E-state index in [1.165, 1.54) is 25.7 Å². The van der Waals surface area contributed by atoms with Crippen molar-refractivity contribution < 1.29 is 8.42 Å². The summed E-state index contributed by atoms with van der Waals surface area (Å²) in [5.74, 6) is 0.724. The third-order valence-corrected chi connectivity index (χ3v) is 6.26. The highest BCUT2D eigenvalue weighted by Crippen LogP contribution is 2.30. The van der Waals surface area contributed by atoms with Gasteiger partial charge in [-0.25, -0.2) is 8.42 Å². The number of fused-ring (bicyclic) bond motifs is 1. The molecule has 0 aromatic rings. The van der Waals surface area contributed by atoms with Crippen LogP contribution >= 0.6 is 0 Å². The standard InChI is InChI=1S/C12H22N2O2S/c15-17(16)8-11-12(9-17)14(7-3-6-13-11)10-4-1-2-5-10/h10-13H,1-9H2. The summed E-state index contributed by atoms with van der Waals surface area (Å²) >= 11 is 0. The Hall–Kier alpha value is -0.130. The van der Waals surface area contributed by atoms with Crippen molar-refractivity contribution in [3.05, 3.63) is 0 Å². The molecule has 0 amide bonds. The summed E-state index contributed by atoms with van der Waals surface area (Å²) in [6.07, 6.45) is 6.33. The van der Waals surface area contributed by atoms with Crippen molar-refractivity contribution in [3.63, 3.8) is 0 Å². The number of sulfone groups is 1. The first-order chi connectivity index (χ1) is 8.16. The van der Waals surface area contributed by atoms with Gasteiger partial charge in [0.1, 0.15) is 0 Å². The number of hydrogen-bond donors (Lipinski definition) is 1. The van der Waals surface area contributed by atoms with Crippen molar-refractivity contribution >= 4 is 9.84 Å². The van der Waals surface area contributed by atoms with Crippen LogP contribution in [0.5, 0.6) is 0 Å². The highest BCUT2D eigenvalue weighted by Gasteiger charge is 2.43. The minimum absolute atomic E-state index is 0.183. The lowest BCUT2D eigenvalue weighted by atomic mass is 10.1. The average Bonchev–Trinajstić information content (AvgIpc) is 2.83. The van der Waals surface area contributed by atoms with Crippen molar-refractivity contribution in [2.75, 3.05) is 24.6 Å². The topological polar surface area (TPSA) is 49.4 Å². The van der Waals surface area contributed by atoms with Crippen molar-refractivity contribution in [1.82, 2.24) is 10.2 Å². The van der Waals surface area contributed by atoms with E-state index in [-0.39, 0.29) is 12.1 Å². The van der Waals surface area contributed by atoms with Gasteiger partial charge < -0.3 is 5.32 Å². The van der Waals surface area contributed by atoms with E-state index in [9.17, 15) is 8.42 Å². The third kappa shape index (κ3) is 2.37. The molecule has 3 aliphatic rings. The first-order valence-corrected chi connectivity index (χ1v) is 8.67. The Morgan fingerprint density at radius 1 is 1.06 bits per heavy atom. The lowest BCUT2D eigenvalue weighted by Gasteiger charge is -2.34.